The number of nitrogens with two attached hydrogens (primary N) is 1. The normalized spacial score (nSPS) is 9.25. The van der Waals surface area contributed by atoms with Gasteiger partial charge in [0.05, 0.1) is 21.1 Å². The standard InChI is InChI=1S/C6H14N2O2.Ba.ClH/c1-8(2,3)4-5-10-6(7)9;;/h4-5H2,1-3H3,(H-,7,9);;1H/q;+2;/p+1. The molecule has 68 valence electrons. The van der Waals surface area contributed by atoms with Gasteiger partial charge in [-0.15, -0.1) is 12.4 Å². The molecule has 0 unspecified atom stereocenters. The van der Waals surface area contributed by atoms with E-state index in [1.54, 1.807) is 0 Å². The molecular formula is C6H16BaClN2O2+3. The summed E-state index contributed by atoms with van der Waals surface area (Å²) in [4.78, 5) is 10.1. The van der Waals surface area contributed by atoms with E-state index in [1.165, 1.54) is 0 Å². The average molecular weight is 321 g/mol. The molecule has 6 heteroatoms. The summed E-state index contributed by atoms with van der Waals surface area (Å²) in [7, 11) is 6.05. The predicted octanol–water partition coefficient (Wildman–Crippen LogP) is -0.171. The molecule has 0 aromatic rings. The van der Waals surface area contributed by atoms with Crippen molar-refractivity contribution in [3.05, 3.63) is 0 Å². The summed E-state index contributed by atoms with van der Waals surface area (Å²) in [5, 5.41) is 0. The van der Waals surface area contributed by atoms with Crippen LogP contribution in [-0.4, -0.2) is 93.8 Å². The van der Waals surface area contributed by atoms with E-state index in [4.69, 9.17) is 5.73 Å². The quantitative estimate of drug-likeness (QED) is 0.580. The zero-order valence-electron chi connectivity index (χ0n) is 7.87. The Balaban J connectivity index is -0.000000405. The Labute approximate surface area is 120 Å². The molecule has 0 saturated heterocycles. The Hall–Kier alpha value is 1.09. The van der Waals surface area contributed by atoms with Crippen LogP contribution in [0.3, 0.4) is 0 Å². The fourth-order valence-corrected chi connectivity index (χ4v) is 0.420. The van der Waals surface area contributed by atoms with Crippen LogP contribution in [0.2, 0.25) is 0 Å². The number of carbonyl (C=O) groups excluding carboxylic acids is 1. The molecule has 0 aliphatic heterocycles. The van der Waals surface area contributed by atoms with Crippen LogP contribution in [0.15, 0.2) is 0 Å². The number of likely N-dealkylation sites (N-methyl/N-ethyl adjacent to an activating group) is 1. The molecule has 0 heterocycles. The van der Waals surface area contributed by atoms with E-state index in [2.05, 4.69) is 4.74 Å². The van der Waals surface area contributed by atoms with E-state index in [9.17, 15) is 4.79 Å². The molecule has 0 fully saturated rings. The van der Waals surface area contributed by atoms with E-state index in [0.717, 1.165) is 11.0 Å². The number of rotatable bonds is 3. The Morgan fingerprint density at radius 1 is 1.42 bits per heavy atom. The second-order valence-electron chi connectivity index (χ2n) is 3.18. The molecule has 4 nitrogen and oxygen atoms in total. The molecule has 0 rings (SSSR count). The van der Waals surface area contributed by atoms with E-state index in [0.29, 0.717) is 6.61 Å². The number of ether oxygens (including phenoxy) is 1. The van der Waals surface area contributed by atoms with Gasteiger partial charge < -0.3 is 15.0 Å². The van der Waals surface area contributed by atoms with Crippen molar-refractivity contribution in [1.82, 2.24) is 0 Å². The summed E-state index contributed by atoms with van der Waals surface area (Å²) in [5.41, 5.74) is 4.75. The van der Waals surface area contributed by atoms with Crippen molar-refractivity contribution in [3.8, 4) is 0 Å². The molecule has 0 atom stereocenters. The summed E-state index contributed by atoms with van der Waals surface area (Å²) in [5.74, 6) is 0. The largest absolute Gasteiger partial charge is 2.00 e. The first kappa shape index (κ1) is 18.8. The number of halogens is 1. The van der Waals surface area contributed by atoms with Crippen LogP contribution in [-0.2, 0) is 4.74 Å². The Morgan fingerprint density at radius 2 is 1.83 bits per heavy atom. The molecule has 0 spiro atoms. The van der Waals surface area contributed by atoms with Crippen molar-refractivity contribution in [2.75, 3.05) is 34.3 Å². The van der Waals surface area contributed by atoms with Crippen molar-refractivity contribution in [2.45, 2.75) is 0 Å². The molecule has 0 bridgehead atoms. The monoisotopic (exact) mass is 321 g/mol. The molecular weight excluding hydrogens is 305 g/mol. The third-order valence-electron chi connectivity index (χ3n) is 1.01. The van der Waals surface area contributed by atoms with Gasteiger partial charge >= 0.3 is 55.0 Å². The minimum Gasteiger partial charge on any atom is -0.444 e. The third-order valence-corrected chi connectivity index (χ3v) is 1.01. The first-order chi connectivity index (χ1) is 4.42. The number of quaternary nitrogens is 1. The molecule has 0 aromatic heterocycles. The van der Waals surface area contributed by atoms with Crippen molar-refractivity contribution in [2.24, 2.45) is 5.73 Å². The number of primary amides is 1. The van der Waals surface area contributed by atoms with Crippen LogP contribution in [0, 0.1) is 0 Å². The average Bonchev–Trinajstić information content (AvgIpc) is 1.59. The number of hydrogen-bond donors (Lipinski definition) is 1. The summed E-state index contributed by atoms with van der Waals surface area (Å²) >= 11 is 0. The zero-order valence-corrected chi connectivity index (χ0v) is 13.1. The van der Waals surface area contributed by atoms with Crippen molar-refractivity contribution >= 4 is 67.4 Å². The summed E-state index contributed by atoms with van der Waals surface area (Å²) in [6, 6.07) is 0. The van der Waals surface area contributed by atoms with Crippen LogP contribution < -0.4 is 5.73 Å². The van der Waals surface area contributed by atoms with Crippen LogP contribution in [0.25, 0.3) is 0 Å². The second-order valence-corrected chi connectivity index (χ2v) is 3.18. The number of carbonyl (C=O) groups is 1. The summed E-state index contributed by atoms with van der Waals surface area (Å²) < 4.78 is 5.31. The fourth-order valence-electron chi connectivity index (χ4n) is 0.420. The Kier molecular flexibility index (Phi) is 13.6. The molecule has 0 radical (unpaired) electrons. The van der Waals surface area contributed by atoms with Gasteiger partial charge in [-0.1, -0.05) is 0 Å². The van der Waals surface area contributed by atoms with E-state index in [-0.39, 0.29) is 61.3 Å². The number of amides is 1. The van der Waals surface area contributed by atoms with Gasteiger partial charge in [0.25, 0.3) is 0 Å². The van der Waals surface area contributed by atoms with Gasteiger partial charge in [-0.3, -0.25) is 0 Å². The van der Waals surface area contributed by atoms with Crippen LogP contribution in [0.1, 0.15) is 0 Å². The Bertz CT molecular complexity index is 127. The van der Waals surface area contributed by atoms with Gasteiger partial charge in [-0.05, 0) is 0 Å². The van der Waals surface area contributed by atoms with Crippen LogP contribution in [0.4, 0.5) is 4.79 Å². The SMILES string of the molecule is C[N+](C)(C)CCOC(N)=O.Cl.[Ba+2]. The maximum atomic E-state index is 10.1. The van der Waals surface area contributed by atoms with Gasteiger partial charge in [0.2, 0.25) is 0 Å². The molecule has 0 aliphatic carbocycles. The topological polar surface area (TPSA) is 52.3 Å². The maximum Gasteiger partial charge on any atom is 2.00 e. The molecule has 0 saturated carbocycles. The van der Waals surface area contributed by atoms with Gasteiger partial charge in [0.1, 0.15) is 13.2 Å². The summed E-state index contributed by atoms with van der Waals surface area (Å²) in [6.07, 6.45) is -0.701. The van der Waals surface area contributed by atoms with Crippen molar-refractivity contribution in [1.29, 1.82) is 0 Å². The minimum absolute atomic E-state index is 0. The van der Waals surface area contributed by atoms with Gasteiger partial charge in [-0.2, -0.15) is 0 Å². The first-order valence-electron chi connectivity index (χ1n) is 3.14. The van der Waals surface area contributed by atoms with Gasteiger partial charge in [-0.25, -0.2) is 4.79 Å². The second kappa shape index (κ2) is 8.68. The van der Waals surface area contributed by atoms with E-state index in [1.807, 2.05) is 21.1 Å². The van der Waals surface area contributed by atoms with E-state index >= 15 is 0 Å². The van der Waals surface area contributed by atoms with E-state index < -0.39 is 6.09 Å². The van der Waals surface area contributed by atoms with Gasteiger partial charge in [0, 0.05) is 0 Å². The Morgan fingerprint density at radius 3 is 2.08 bits per heavy atom. The van der Waals surface area contributed by atoms with Crippen LogP contribution >= 0.6 is 12.4 Å². The molecule has 2 N–H and O–H groups in total. The predicted molar refractivity (Wildman–Crippen MR) is 51.4 cm³/mol. The molecule has 12 heavy (non-hydrogen) atoms. The van der Waals surface area contributed by atoms with Crippen LogP contribution in [0.5, 0.6) is 0 Å². The third kappa shape index (κ3) is 17.3. The van der Waals surface area contributed by atoms with Crippen molar-refractivity contribution in [3.63, 3.8) is 0 Å². The smallest absolute Gasteiger partial charge is 0.444 e. The molecule has 0 aromatic carbocycles. The molecule has 0 aliphatic rings. The maximum absolute atomic E-state index is 10.1. The first-order valence-corrected chi connectivity index (χ1v) is 3.14. The number of hydrogen-bond acceptors (Lipinski definition) is 2. The summed E-state index contributed by atoms with van der Waals surface area (Å²) in [6.45, 7) is 1.17. The fraction of sp³-hybridized carbons (Fsp3) is 0.833. The molecule has 1 amide bonds. The number of nitrogens with zero attached hydrogens (tertiary/aromatic N) is 1. The zero-order chi connectivity index (χ0) is 8.20. The van der Waals surface area contributed by atoms with Gasteiger partial charge in [0.15, 0.2) is 0 Å². The minimum atomic E-state index is -0.701. The van der Waals surface area contributed by atoms with Crippen molar-refractivity contribution < 1.29 is 14.0 Å².